The Kier molecular flexibility index (Phi) is 9.78. The van der Waals surface area contributed by atoms with E-state index in [0.29, 0.717) is 48.8 Å². The summed E-state index contributed by atoms with van der Waals surface area (Å²) in [4.78, 5) is 42.7. The maximum absolute atomic E-state index is 15.0. The molecule has 2 fully saturated rings. The highest BCUT2D eigenvalue weighted by atomic mass is 19.4. The first kappa shape index (κ1) is 34.8. The van der Waals surface area contributed by atoms with E-state index in [9.17, 15) is 50.2 Å². The van der Waals surface area contributed by atoms with Gasteiger partial charge in [-0.05, 0) is 55.5 Å². The highest BCUT2D eigenvalue weighted by molar-refractivity contribution is 5.92. The maximum atomic E-state index is 15.0. The zero-order valence-electron chi connectivity index (χ0n) is 25.0. The fraction of sp³-hybridized carbons (Fsp3) is 0.500. The molecular weight excluding hydrogens is 632 g/mol. The number of benzene rings is 2. The van der Waals surface area contributed by atoms with Gasteiger partial charge in [-0.2, -0.15) is 26.3 Å². The van der Waals surface area contributed by atoms with Crippen LogP contribution in [-0.2, 0) is 17.1 Å². The molecule has 252 valence electrons. The van der Waals surface area contributed by atoms with Crippen molar-refractivity contribution in [2.24, 2.45) is 5.92 Å². The first-order valence-electron chi connectivity index (χ1n) is 14.3. The Morgan fingerprint density at radius 2 is 1.37 bits per heavy atom. The Labute approximate surface area is 259 Å². The topological polar surface area (TPSA) is 84.4 Å². The molecule has 0 unspecified atom stereocenters. The second-order valence-corrected chi connectivity index (χ2v) is 11.7. The van der Waals surface area contributed by atoms with E-state index in [2.05, 4.69) is 0 Å². The van der Waals surface area contributed by atoms with E-state index in [1.807, 2.05) is 0 Å². The monoisotopic (exact) mass is 664 g/mol. The largest absolute Gasteiger partial charge is 0.465 e. The van der Waals surface area contributed by atoms with Crippen LogP contribution in [0.4, 0.5) is 50.4 Å². The zero-order valence-corrected chi connectivity index (χ0v) is 25.0. The summed E-state index contributed by atoms with van der Waals surface area (Å²) in [7, 11) is 3.67. The van der Waals surface area contributed by atoms with E-state index in [-0.39, 0.29) is 36.7 Å². The summed E-state index contributed by atoms with van der Waals surface area (Å²) >= 11 is 0. The van der Waals surface area contributed by atoms with Gasteiger partial charge in [-0.3, -0.25) is 9.69 Å². The van der Waals surface area contributed by atoms with Crippen molar-refractivity contribution in [3.8, 4) is 0 Å². The molecule has 2 aliphatic rings. The number of alkyl halides is 6. The Hall–Kier alpha value is -4.11. The van der Waals surface area contributed by atoms with Crippen LogP contribution in [0.25, 0.3) is 0 Å². The molecule has 1 aliphatic carbocycles. The molecule has 1 N–H and O–H groups in total. The number of hydrogen-bond donors (Lipinski definition) is 1. The van der Waals surface area contributed by atoms with E-state index in [1.165, 1.54) is 23.9 Å². The van der Waals surface area contributed by atoms with Crippen molar-refractivity contribution >= 4 is 23.7 Å². The predicted octanol–water partition coefficient (Wildman–Crippen LogP) is 6.65. The van der Waals surface area contributed by atoms with Crippen LogP contribution in [0.3, 0.4) is 0 Å². The number of likely N-dealkylation sites (tertiary alicyclic amines) is 1. The third-order valence-corrected chi connectivity index (χ3v) is 8.90. The van der Waals surface area contributed by atoms with Gasteiger partial charge in [-0.15, -0.1) is 0 Å². The lowest BCUT2D eigenvalue weighted by atomic mass is 9.84. The quantitative estimate of drug-likeness (QED) is 0.363. The summed E-state index contributed by atoms with van der Waals surface area (Å²) in [6.45, 7) is -0.258. The smallest absolute Gasteiger partial charge is 0.416 e. The second-order valence-electron chi connectivity index (χ2n) is 11.7. The molecule has 2 atom stereocenters. The third kappa shape index (κ3) is 7.30. The summed E-state index contributed by atoms with van der Waals surface area (Å²) in [6.07, 6.45) is -9.81. The number of carboxylic acid groups (broad SMARTS) is 1. The molecule has 4 rings (SSSR count). The van der Waals surface area contributed by atoms with Crippen molar-refractivity contribution in [3.63, 3.8) is 0 Å². The summed E-state index contributed by atoms with van der Waals surface area (Å²) in [5.41, 5.74) is -3.97. The van der Waals surface area contributed by atoms with Crippen molar-refractivity contribution in [2.75, 3.05) is 39.1 Å². The van der Waals surface area contributed by atoms with Crippen molar-refractivity contribution in [3.05, 3.63) is 64.7 Å². The van der Waals surface area contributed by atoms with Crippen LogP contribution < -0.4 is 4.90 Å². The van der Waals surface area contributed by atoms with Crippen LogP contribution in [0.15, 0.2) is 36.4 Å². The van der Waals surface area contributed by atoms with Crippen LogP contribution >= 0.6 is 0 Å². The molecule has 0 bridgehead atoms. The summed E-state index contributed by atoms with van der Waals surface area (Å²) in [5.74, 6) is -3.57. The first-order chi connectivity index (χ1) is 21.3. The van der Waals surface area contributed by atoms with E-state index in [4.69, 9.17) is 0 Å². The highest BCUT2D eigenvalue weighted by Gasteiger charge is 2.44. The van der Waals surface area contributed by atoms with Crippen molar-refractivity contribution in [1.82, 2.24) is 14.7 Å². The normalized spacial score (nSPS) is 22.0. The van der Waals surface area contributed by atoms with Gasteiger partial charge in [0.05, 0.1) is 17.2 Å². The Balaban J connectivity index is 1.61. The van der Waals surface area contributed by atoms with Crippen molar-refractivity contribution in [2.45, 2.75) is 56.0 Å². The molecule has 1 saturated carbocycles. The van der Waals surface area contributed by atoms with Gasteiger partial charge in [-0.25, -0.2) is 18.4 Å². The number of rotatable bonds is 5. The number of carbonyl (C=O) groups excluding carboxylic acids is 2. The Bertz CT molecular complexity index is 1440. The van der Waals surface area contributed by atoms with Crippen LogP contribution in [0.1, 0.15) is 48.3 Å². The molecule has 46 heavy (non-hydrogen) atoms. The molecule has 8 nitrogen and oxygen atoms in total. The summed E-state index contributed by atoms with van der Waals surface area (Å²) in [5, 5.41) is 9.26. The minimum Gasteiger partial charge on any atom is -0.465 e. The second kappa shape index (κ2) is 12.9. The third-order valence-electron chi connectivity index (χ3n) is 8.90. The van der Waals surface area contributed by atoms with Gasteiger partial charge < -0.3 is 19.8 Å². The lowest BCUT2D eigenvalue weighted by Crippen LogP contribution is -2.48. The standard InChI is InChI=1S/C30H32F8N4O4/c1-39(21-11-17(29(33,34)35)10-18(12-21)30(36,37)38)27(44)41(3)25-15-42(14-23(25)22-9-6-19(31)13-24(22)32)26(43)16-4-7-20(8-5-16)40(2)28(45)46/h6,9-13,16,20,23,25H,4-5,7-8,14-15H2,1-3H3,(H,45,46)/t16-,20-,23-,25+/m0/s1. The fourth-order valence-electron chi connectivity index (χ4n) is 6.21. The average molecular weight is 665 g/mol. The molecule has 1 aliphatic heterocycles. The minimum atomic E-state index is -5.15. The highest BCUT2D eigenvalue weighted by Crippen LogP contribution is 2.40. The molecule has 0 spiro atoms. The van der Waals surface area contributed by atoms with E-state index >= 15 is 4.39 Å². The Morgan fingerprint density at radius 3 is 1.87 bits per heavy atom. The van der Waals surface area contributed by atoms with Crippen LogP contribution in [0.2, 0.25) is 0 Å². The van der Waals surface area contributed by atoms with Gasteiger partial charge in [0.2, 0.25) is 5.91 Å². The van der Waals surface area contributed by atoms with Gasteiger partial charge in [-0.1, -0.05) is 6.07 Å². The fourth-order valence-corrected chi connectivity index (χ4v) is 6.21. The van der Waals surface area contributed by atoms with Crippen LogP contribution in [0, 0.1) is 17.6 Å². The van der Waals surface area contributed by atoms with Gasteiger partial charge in [0.15, 0.2) is 0 Å². The molecule has 0 aromatic heterocycles. The van der Waals surface area contributed by atoms with E-state index in [1.54, 1.807) is 0 Å². The van der Waals surface area contributed by atoms with Gasteiger partial charge in [0.1, 0.15) is 11.6 Å². The van der Waals surface area contributed by atoms with E-state index in [0.717, 1.165) is 24.1 Å². The molecule has 4 amide bonds. The molecule has 2 aromatic rings. The van der Waals surface area contributed by atoms with Gasteiger partial charge in [0.25, 0.3) is 0 Å². The molecule has 0 radical (unpaired) electrons. The van der Waals surface area contributed by atoms with Crippen LogP contribution in [0.5, 0.6) is 0 Å². The number of likely N-dealkylation sites (N-methyl/N-ethyl adjacent to an activating group) is 1. The number of urea groups is 1. The van der Waals surface area contributed by atoms with Crippen molar-refractivity contribution in [1.29, 1.82) is 0 Å². The number of hydrogen-bond acceptors (Lipinski definition) is 3. The van der Waals surface area contributed by atoms with Gasteiger partial charge >= 0.3 is 24.5 Å². The number of nitrogens with zero attached hydrogens (tertiary/aromatic N) is 4. The molecular formula is C30H32F8N4O4. The molecule has 2 aromatic carbocycles. The van der Waals surface area contributed by atoms with Gasteiger partial charge in [0, 0.05) is 63.9 Å². The number of carbonyl (C=O) groups is 3. The Morgan fingerprint density at radius 1 is 0.804 bits per heavy atom. The summed E-state index contributed by atoms with van der Waals surface area (Å²) in [6, 6.07) is 1.23. The SMILES string of the molecule is CN(C(=O)N(C)[C@@H]1CN(C(=O)[C@H]2CC[C@H](N(C)C(=O)O)CC2)C[C@H]1c1ccc(F)cc1F)c1cc(C(F)(F)F)cc(C(F)(F)F)c1. The number of amides is 4. The average Bonchev–Trinajstić information content (AvgIpc) is 3.43. The van der Waals surface area contributed by atoms with Crippen molar-refractivity contribution < 1.29 is 54.6 Å². The predicted molar refractivity (Wildman–Crippen MR) is 149 cm³/mol. The summed E-state index contributed by atoms with van der Waals surface area (Å²) < 4.78 is 110. The number of halogens is 8. The minimum absolute atomic E-state index is 0.0331. The first-order valence-corrected chi connectivity index (χ1v) is 14.3. The number of anilines is 1. The van der Waals surface area contributed by atoms with E-state index < -0.39 is 70.8 Å². The molecule has 1 saturated heterocycles. The lowest BCUT2D eigenvalue weighted by molar-refractivity contribution is -0.143. The zero-order chi connectivity index (χ0) is 34.3. The molecule has 16 heteroatoms. The lowest BCUT2D eigenvalue weighted by Gasteiger charge is -2.34. The molecule has 1 heterocycles. The van der Waals surface area contributed by atoms with Crippen LogP contribution in [-0.4, -0.2) is 84.2 Å². The maximum Gasteiger partial charge on any atom is 0.416 e.